The van der Waals surface area contributed by atoms with Gasteiger partial charge in [0.05, 0.1) is 11.6 Å². The van der Waals surface area contributed by atoms with Crippen LogP contribution in [-0.2, 0) is 13.6 Å². The van der Waals surface area contributed by atoms with E-state index < -0.39 is 0 Å². The number of nitrogens with zero attached hydrogens (tertiary/aromatic N) is 3. The molecule has 0 aromatic carbocycles. The number of rotatable bonds is 6. The van der Waals surface area contributed by atoms with Crippen LogP contribution in [0.2, 0.25) is 10.2 Å². The van der Waals surface area contributed by atoms with E-state index in [2.05, 4.69) is 27.4 Å². The van der Waals surface area contributed by atoms with Gasteiger partial charge in [-0.2, -0.15) is 0 Å². The minimum absolute atomic E-state index is 0. The Bertz CT molecular complexity index is 553. The Morgan fingerprint density at radius 3 is 2.48 bits per heavy atom. The molecular weight excluding hydrogens is 472 g/mol. The van der Waals surface area contributed by atoms with Crippen LogP contribution in [0, 0.1) is 5.92 Å². The Morgan fingerprint density at radius 2 is 1.96 bits per heavy atom. The molecule has 1 saturated heterocycles. The third-order valence-electron chi connectivity index (χ3n) is 4.88. The zero-order valence-electron chi connectivity index (χ0n) is 15.3. The van der Waals surface area contributed by atoms with Crippen molar-refractivity contribution in [2.75, 3.05) is 33.2 Å². The average Bonchev–Trinajstić information content (AvgIpc) is 2.85. The van der Waals surface area contributed by atoms with E-state index in [1.807, 2.05) is 17.7 Å². The molecule has 2 heterocycles. The van der Waals surface area contributed by atoms with Crippen molar-refractivity contribution in [2.45, 2.75) is 32.7 Å². The van der Waals surface area contributed by atoms with Crippen molar-refractivity contribution in [3.63, 3.8) is 0 Å². The molecule has 1 fully saturated rings. The van der Waals surface area contributed by atoms with Crippen molar-refractivity contribution in [1.29, 1.82) is 0 Å². The molecule has 1 aromatic rings. The lowest BCUT2D eigenvalue weighted by molar-refractivity contribution is 0.187. The summed E-state index contributed by atoms with van der Waals surface area (Å²) in [5, 5.41) is 7.86. The van der Waals surface area contributed by atoms with Gasteiger partial charge in [-0.25, -0.2) is 0 Å². The molecule has 0 atom stereocenters. The minimum Gasteiger partial charge on any atom is -0.356 e. The zero-order chi connectivity index (χ0) is 17.5. The first-order chi connectivity index (χ1) is 11.5. The van der Waals surface area contributed by atoms with Crippen LogP contribution in [0.1, 0.15) is 31.9 Å². The highest BCUT2D eigenvalue weighted by molar-refractivity contribution is 14.0. The summed E-state index contributed by atoms with van der Waals surface area (Å²) in [5.41, 5.74) is 1.03. The van der Waals surface area contributed by atoms with Gasteiger partial charge in [-0.3, -0.25) is 4.99 Å². The highest BCUT2D eigenvalue weighted by Crippen LogP contribution is 2.25. The van der Waals surface area contributed by atoms with Gasteiger partial charge in [-0.05, 0) is 50.9 Å². The number of halogens is 3. The summed E-state index contributed by atoms with van der Waals surface area (Å²) in [6.45, 7) is 7.48. The smallest absolute Gasteiger partial charge is 0.191 e. The number of aromatic nitrogens is 1. The van der Waals surface area contributed by atoms with Crippen LogP contribution < -0.4 is 10.6 Å². The van der Waals surface area contributed by atoms with E-state index >= 15 is 0 Å². The topological polar surface area (TPSA) is 44.6 Å². The molecular formula is C17H30Cl2IN5. The Labute approximate surface area is 178 Å². The average molecular weight is 502 g/mol. The predicted octanol–water partition coefficient (Wildman–Crippen LogP) is 3.74. The number of guanidine groups is 1. The molecule has 2 rings (SSSR count). The number of aliphatic imine (C=N–C) groups is 1. The number of hydrogen-bond donors (Lipinski definition) is 2. The van der Waals surface area contributed by atoms with E-state index in [9.17, 15) is 0 Å². The standard InChI is InChI=1S/C17H29Cl2N5.HI/c1-4-24-9-6-13(7-10-24)5-8-21-17(20-2)22-12-14-11-15(18)16(19)23(14)3;/h11,13H,4-10,12H2,1-3H3,(H2,20,21,22);1H. The molecule has 1 aliphatic heterocycles. The second-order valence-corrected chi connectivity index (χ2v) is 7.12. The molecule has 2 N–H and O–H groups in total. The Hall–Kier alpha value is -0.180. The molecule has 0 spiro atoms. The highest BCUT2D eigenvalue weighted by atomic mass is 127. The first-order valence-electron chi connectivity index (χ1n) is 8.71. The fourth-order valence-corrected chi connectivity index (χ4v) is 3.56. The Kier molecular flexibility index (Phi) is 10.5. The van der Waals surface area contributed by atoms with Gasteiger partial charge in [0.15, 0.2) is 5.96 Å². The molecule has 5 nitrogen and oxygen atoms in total. The number of likely N-dealkylation sites (tertiary alicyclic amines) is 1. The number of nitrogens with one attached hydrogen (secondary N) is 2. The monoisotopic (exact) mass is 501 g/mol. The predicted molar refractivity (Wildman–Crippen MR) is 119 cm³/mol. The lowest BCUT2D eigenvalue weighted by Gasteiger charge is -2.31. The molecule has 0 bridgehead atoms. The van der Waals surface area contributed by atoms with Crippen molar-refractivity contribution in [3.8, 4) is 0 Å². The van der Waals surface area contributed by atoms with Gasteiger partial charge in [0.1, 0.15) is 5.15 Å². The van der Waals surface area contributed by atoms with Gasteiger partial charge in [0.2, 0.25) is 0 Å². The first-order valence-corrected chi connectivity index (χ1v) is 9.47. The van der Waals surface area contributed by atoms with Crippen LogP contribution in [0.3, 0.4) is 0 Å². The number of hydrogen-bond acceptors (Lipinski definition) is 2. The molecule has 1 aliphatic rings. The van der Waals surface area contributed by atoms with Gasteiger partial charge in [0.25, 0.3) is 0 Å². The van der Waals surface area contributed by atoms with Gasteiger partial charge < -0.3 is 20.1 Å². The molecule has 0 unspecified atom stereocenters. The Morgan fingerprint density at radius 1 is 1.28 bits per heavy atom. The normalized spacial score (nSPS) is 16.6. The van der Waals surface area contributed by atoms with Gasteiger partial charge in [-0.15, -0.1) is 24.0 Å². The van der Waals surface area contributed by atoms with Crippen molar-refractivity contribution >= 4 is 53.1 Å². The first kappa shape index (κ1) is 22.9. The van der Waals surface area contributed by atoms with Crippen molar-refractivity contribution in [2.24, 2.45) is 18.0 Å². The third kappa shape index (κ3) is 6.81. The van der Waals surface area contributed by atoms with E-state index in [-0.39, 0.29) is 24.0 Å². The second-order valence-electron chi connectivity index (χ2n) is 6.35. The van der Waals surface area contributed by atoms with Gasteiger partial charge in [-0.1, -0.05) is 30.1 Å². The molecule has 0 saturated carbocycles. The summed E-state index contributed by atoms with van der Waals surface area (Å²) in [6, 6.07) is 1.88. The van der Waals surface area contributed by atoms with Crippen molar-refractivity contribution < 1.29 is 0 Å². The quantitative estimate of drug-likeness (QED) is 0.354. The van der Waals surface area contributed by atoms with Crippen molar-refractivity contribution in [3.05, 3.63) is 21.9 Å². The summed E-state index contributed by atoms with van der Waals surface area (Å²) in [7, 11) is 3.70. The van der Waals surface area contributed by atoms with Gasteiger partial charge >= 0.3 is 0 Å². The zero-order valence-corrected chi connectivity index (χ0v) is 19.2. The van der Waals surface area contributed by atoms with E-state index in [4.69, 9.17) is 23.2 Å². The lowest BCUT2D eigenvalue weighted by Crippen LogP contribution is -2.39. The SMILES string of the molecule is CCN1CCC(CCNC(=NC)NCc2cc(Cl)c(Cl)n2C)CC1.I. The van der Waals surface area contributed by atoms with E-state index in [0.717, 1.165) is 24.1 Å². The summed E-state index contributed by atoms with van der Waals surface area (Å²) in [6.07, 6.45) is 3.81. The second kappa shape index (κ2) is 11.5. The Balaban J connectivity index is 0.00000312. The number of piperidine rings is 1. The maximum absolute atomic E-state index is 6.09. The lowest BCUT2D eigenvalue weighted by atomic mass is 9.93. The fourth-order valence-electron chi connectivity index (χ4n) is 3.14. The van der Waals surface area contributed by atoms with Crippen LogP contribution in [0.15, 0.2) is 11.1 Å². The van der Waals surface area contributed by atoms with Gasteiger partial charge in [0, 0.05) is 26.3 Å². The molecule has 0 radical (unpaired) electrons. The summed E-state index contributed by atoms with van der Waals surface area (Å²) < 4.78 is 1.88. The molecule has 0 amide bonds. The molecule has 8 heteroatoms. The van der Waals surface area contributed by atoms with Crippen molar-refractivity contribution in [1.82, 2.24) is 20.1 Å². The fraction of sp³-hybridized carbons (Fsp3) is 0.706. The van der Waals surface area contributed by atoms with Crippen LogP contribution in [0.5, 0.6) is 0 Å². The summed E-state index contributed by atoms with van der Waals surface area (Å²) in [5.74, 6) is 1.64. The van der Waals surface area contributed by atoms with E-state index in [0.29, 0.717) is 16.7 Å². The van der Waals surface area contributed by atoms with Crippen LogP contribution >= 0.6 is 47.2 Å². The molecule has 25 heavy (non-hydrogen) atoms. The molecule has 0 aliphatic carbocycles. The molecule has 1 aromatic heterocycles. The largest absolute Gasteiger partial charge is 0.356 e. The van der Waals surface area contributed by atoms with Crippen LogP contribution in [-0.4, -0.2) is 48.7 Å². The molecule has 144 valence electrons. The third-order valence-corrected chi connectivity index (χ3v) is 5.72. The van der Waals surface area contributed by atoms with Crippen LogP contribution in [0.25, 0.3) is 0 Å². The van der Waals surface area contributed by atoms with E-state index in [1.165, 1.54) is 38.9 Å². The summed E-state index contributed by atoms with van der Waals surface area (Å²) in [4.78, 5) is 6.81. The van der Waals surface area contributed by atoms with Crippen LogP contribution in [0.4, 0.5) is 0 Å². The highest BCUT2D eigenvalue weighted by Gasteiger charge is 2.17. The minimum atomic E-state index is 0. The maximum Gasteiger partial charge on any atom is 0.191 e. The maximum atomic E-state index is 6.09. The summed E-state index contributed by atoms with van der Waals surface area (Å²) >= 11 is 12.1. The van der Waals surface area contributed by atoms with E-state index in [1.54, 1.807) is 7.05 Å².